The summed E-state index contributed by atoms with van der Waals surface area (Å²) < 4.78 is 38.0. The number of amides is 2. The van der Waals surface area contributed by atoms with Crippen molar-refractivity contribution >= 4 is 21.6 Å². The number of benzene rings is 2. The molecule has 3 rings (SSSR count). The third kappa shape index (κ3) is 4.68. The van der Waals surface area contributed by atoms with Crippen LogP contribution >= 0.6 is 0 Å². The number of sulfone groups is 1. The highest BCUT2D eigenvalue weighted by Crippen LogP contribution is 2.22. The molecule has 0 radical (unpaired) electrons. The maximum absolute atomic E-state index is 13.0. The number of carbonyl (C=O) groups is 1. The molecule has 2 aromatic carbocycles. The van der Waals surface area contributed by atoms with Crippen LogP contribution < -0.4 is 10.6 Å². The van der Waals surface area contributed by atoms with Crippen LogP contribution in [0.2, 0.25) is 0 Å². The second kappa shape index (κ2) is 7.96. The lowest BCUT2D eigenvalue weighted by molar-refractivity contribution is 0.251. The molecule has 0 aliphatic rings. The molecule has 138 valence electrons. The molecule has 6 nitrogen and oxygen atoms in total. The molecular formula is C19H16FN3O3S. The number of nitrogens with one attached hydrogen (secondary N) is 2. The van der Waals surface area contributed by atoms with Crippen molar-refractivity contribution in [3.05, 3.63) is 84.4 Å². The molecule has 0 bridgehead atoms. The molecule has 0 atom stereocenters. The van der Waals surface area contributed by atoms with Gasteiger partial charge < -0.3 is 10.6 Å². The number of rotatable bonds is 5. The number of pyridine rings is 1. The maximum Gasteiger partial charge on any atom is 0.319 e. The van der Waals surface area contributed by atoms with E-state index in [0.717, 1.165) is 17.7 Å². The number of hydrogen-bond acceptors (Lipinski definition) is 4. The van der Waals surface area contributed by atoms with Gasteiger partial charge in [0.15, 0.2) is 0 Å². The van der Waals surface area contributed by atoms with E-state index < -0.39 is 21.7 Å². The van der Waals surface area contributed by atoms with Gasteiger partial charge in [0, 0.05) is 24.6 Å². The zero-order chi connectivity index (χ0) is 19.3. The van der Waals surface area contributed by atoms with Gasteiger partial charge in [0.2, 0.25) is 9.84 Å². The van der Waals surface area contributed by atoms with Gasteiger partial charge in [0.1, 0.15) is 5.82 Å². The van der Waals surface area contributed by atoms with Gasteiger partial charge in [-0.1, -0.05) is 6.07 Å². The number of anilines is 1. The lowest BCUT2D eigenvalue weighted by Crippen LogP contribution is -2.28. The Morgan fingerprint density at radius 1 is 0.963 bits per heavy atom. The van der Waals surface area contributed by atoms with E-state index >= 15 is 0 Å². The summed E-state index contributed by atoms with van der Waals surface area (Å²) in [4.78, 5) is 15.9. The fourth-order valence-electron chi connectivity index (χ4n) is 2.33. The summed E-state index contributed by atoms with van der Waals surface area (Å²) >= 11 is 0. The number of hydrogen-bond donors (Lipinski definition) is 2. The minimum atomic E-state index is -3.75. The second-order valence-electron chi connectivity index (χ2n) is 5.65. The van der Waals surface area contributed by atoms with Crippen LogP contribution in [0.3, 0.4) is 0 Å². The lowest BCUT2D eigenvalue weighted by Gasteiger charge is -2.09. The van der Waals surface area contributed by atoms with E-state index in [1.165, 1.54) is 36.4 Å². The van der Waals surface area contributed by atoms with Crippen LogP contribution in [0.25, 0.3) is 0 Å². The Hall–Kier alpha value is -3.26. The van der Waals surface area contributed by atoms with Crippen LogP contribution in [-0.2, 0) is 16.4 Å². The molecule has 0 saturated heterocycles. The Balaban J connectivity index is 1.64. The Morgan fingerprint density at radius 2 is 1.59 bits per heavy atom. The first-order valence-electron chi connectivity index (χ1n) is 7.99. The smallest absolute Gasteiger partial charge is 0.319 e. The van der Waals surface area contributed by atoms with E-state index in [9.17, 15) is 17.6 Å². The molecule has 1 aromatic heterocycles. The van der Waals surface area contributed by atoms with E-state index in [1.54, 1.807) is 18.5 Å². The Bertz CT molecular complexity index is 1020. The minimum absolute atomic E-state index is 0.00109. The van der Waals surface area contributed by atoms with Crippen LogP contribution in [0.1, 0.15) is 5.56 Å². The van der Waals surface area contributed by atoms with Gasteiger partial charge in [-0.05, 0) is 60.2 Å². The third-order valence-electron chi connectivity index (χ3n) is 3.72. The Labute approximate surface area is 156 Å². The standard InChI is InChI=1S/C19H16FN3O3S/c20-15-3-7-17(8-4-15)27(25,26)18-9-5-16(6-10-18)23-19(24)22-13-14-2-1-11-21-12-14/h1-12H,13H2,(H2,22,23,24). The molecule has 1 heterocycles. The molecule has 0 aliphatic carbocycles. The highest BCUT2D eigenvalue weighted by atomic mass is 32.2. The SMILES string of the molecule is O=C(NCc1cccnc1)Nc1ccc(S(=O)(=O)c2ccc(F)cc2)cc1. The van der Waals surface area contributed by atoms with E-state index in [-0.39, 0.29) is 9.79 Å². The van der Waals surface area contributed by atoms with Crippen LogP contribution in [0.5, 0.6) is 0 Å². The van der Waals surface area contributed by atoms with Crippen molar-refractivity contribution in [2.45, 2.75) is 16.3 Å². The van der Waals surface area contributed by atoms with Crippen molar-refractivity contribution in [1.29, 1.82) is 0 Å². The van der Waals surface area contributed by atoms with E-state index in [1.807, 2.05) is 6.07 Å². The van der Waals surface area contributed by atoms with Gasteiger partial charge in [0.05, 0.1) is 9.79 Å². The average molecular weight is 385 g/mol. The van der Waals surface area contributed by atoms with Gasteiger partial charge in [0.25, 0.3) is 0 Å². The Morgan fingerprint density at radius 3 is 2.19 bits per heavy atom. The molecular weight excluding hydrogens is 369 g/mol. The zero-order valence-corrected chi connectivity index (χ0v) is 14.9. The molecule has 2 amide bonds. The van der Waals surface area contributed by atoms with Crippen molar-refractivity contribution in [3.8, 4) is 0 Å². The summed E-state index contributed by atoms with van der Waals surface area (Å²) in [6.07, 6.45) is 3.29. The van der Waals surface area contributed by atoms with E-state index in [0.29, 0.717) is 12.2 Å². The predicted molar refractivity (Wildman–Crippen MR) is 98.4 cm³/mol. The topological polar surface area (TPSA) is 88.2 Å². The first kappa shape index (κ1) is 18.5. The molecule has 0 saturated carbocycles. The molecule has 0 aliphatic heterocycles. The summed E-state index contributed by atoms with van der Waals surface area (Å²) in [7, 11) is -3.75. The van der Waals surface area contributed by atoms with Gasteiger partial charge in [-0.15, -0.1) is 0 Å². The first-order chi connectivity index (χ1) is 12.9. The van der Waals surface area contributed by atoms with Crippen LogP contribution in [0.15, 0.2) is 82.8 Å². The molecule has 27 heavy (non-hydrogen) atoms. The van der Waals surface area contributed by atoms with Crippen LogP contribution in [-0.4, -0.2) is 19.4 Å². The number of aromatic nitrogens is 1. The van der Waals surface area contributed by atoms with Gasteiger partial charge >= 0.3 is 6.03 Å². The third-order valence-corrected chi connectivity index (χ3v) is 5.51. The second-order valence-corrected chi connectivity index (χ2v) is 7.60. The summed E-state index contributed by atoms with van der Waals surface area (Å²) in [6, 6.07) is 13.5. The van der Waals surface area contributed by atoms with Crippen molar-refractivity contribution in [1.82, 2.24) is 10.3 Å². The fraction of sp³-hybridized carbons (Fsp3) is 0.0526. The van der Waals surface area contributed by atoms with E-state index in [2.05, 4.69) is 15.6 Å². The number of nitrogens with zero attached hydrogens (tertiary/aromatic N) is 1. The normalized spacial score (nSPS) is 11.0. The van der Waals surface area contributed by atoms with Gasteiger partial charge in [-0.2, -0.15) is 0 Å². The molecule has 0 spiro atoms. The van der Waals surface area contributed by atoms with Crippen molar-refractivity contribution in [2.75, 3.05) is 5.32 Å². The maximum atomic E-state index is 13.0. The summed E-state index contributed by atoms with van der Waals surface area (Å²) in [5, 5.41) is 5.30. The lowest BCUT2D eigenvalue weighted by atomic mass is 10.3. The quantitative estimate of drug-likeness (QED) is 0.659. The average Bonchev–Trinajstić information content (AvgIpc) is 2.68. The van der Waals surface area contributed by atoms with E-state index in [4.69, 9.17) is 0 Å². The monoisotopic (exact) mass is 385 g/mol. The highest BCUT2D eigenvalue weighted by molar-refractivity contribution is 7.91. The summed E-state index contributed by atoms with van der Waals surface area (Å²) in [6.45, 7) is 0.316. The first-order valence-corrected chi connectivity index (χ1v) is 9.48. The Kier molecular flexibility index (Phi) is 5.46. The summed E-state index contributed by atoms with van der Waals surface area (Å²) in [5.74, 6) is -0.509. The molecule has 3 aromatic rings. The molecule has 0 unspecified atom stereocenters. The predicted octanol–water partition coefficient (Wildman–Crippen LogP) is 3.38. The summed E-state index contributed by atoms with van der Waals surface area (Å²) in [5.41, 5.74) is 1.30. The minimum Gasteiger partial charge on any atom is -0.334 e. The number of carbonyl (C=O) groups excluding carboxylic acids is 1. The van der Waals surface area contributed by atoms with Crippen molar-refractivity contribution in [2.24, 2.45) is 0 Å². The molecule has 0 fully saturated rings. The number of urea groups is 1. The van der Waals surface area contributed by atoms with Gasteiger partial charge in [-0.25, -0.2) is 17.6 Å². The van der Waals surface area contributed by atoms with Crippen LogP contribution in [0.4, 0.5) is 14.9 Å². The van der Waals surface area contributed by atoms with Crippen molar-refractivity contribution in [3.63, 3.8) is 0 Å². The van der Waals surface area contributed by atoms with Crippen LogP contribution in [0, 0.1) is 5.82 Å². The van der Waals surface area contributed by atoms with Gasteiger partial charge in [-0.3, -0.25) is 4.98 Å². The number of halogens is 1. The molecule has 8 heteroatoms. The van der Waals surface area contributed by atoms with Crippen molar-refractivity contribution < 1.29 is 17.6 Å². The largest absolute Gasteiger partial charge is 0.334 e. The molecule has 2 N–H and O–H groups in total. The highest BCUT2D eigenvalue weighted by Gasteiger charge is 2.17. The zero-order valence-electron chi connectivity index (χ0n) is 14.1. The fourth-order valence-corrected chi connectivity index (χ4v) is 3.59.